The van der Waals surface area contributed by atoms with Crippen LogP contribution in [-0.2, 0) is 24.4 Å². The fourth-order valence-corrected chi connectivity index (χ4v) is 5.55. The maximum absolute atomic E-state index is 13.2. The highest BCUT2D eigenvalue weighted by molar-refractivity contribution is 7.86. The number of anilines is 1. The first-order chi connectivity index (χ1) is 14.7. The van der Waals surface area contributed by atoms with Gasteiger partial charge in [0.05, 0.1) is 34.3 Å². The molecule has 4 fully saturated rings. The Hall–Kier alpha value is -1.91. The van der Waals surface area contributed by atoms with E-state index >= 15 is 0 Å². The summed E-state index contributed by atoms with van der Waals surface area (Å²) in [6.45, 7) is 2.66. The summed E-state index contributed by atoms with van der Waals surface area (Å²) in [5.41, 5.74) is -5.04. The summed E-state index contributed by atoms with van der Waals surface area (Å²) in [6, 6.07) is 7.17. The van der Waals surface area contributed by atoms with Crippen LogP contribution in [0.2, 0.25) is 5.02 Å². The molecule has 174 valence electrons. The van der Waals surface area contributed by atoms with Gasteiger partial charge in [-0.3, -0.25) is 14.2 Å². The fraction of sp³-hybridized carbons (Fsp3) is 0.579. The molecule has 0 aromatic heterocycles. The van der Waals surface area contributed by atoms with Gasteiger partial charge in [0.15, 0.2) is 0 Å². The van der Waals surface area contributed by atoms with E-state index in [0.29, 0.717) is 22.9 Å². The first-order valence-corrected chi connectivity index (χ1v) is 11.4. The second kappa shape index (κ2) is 7.30. The molecule has 5 atom stereocenters. The molecule has 0 radical (unpaired) electrons. The van der Waals surface area contributed by atoms with E-state index in [9.17, 15) is 18.0 Å². The van der Waals surface area contributed by atoms with E-state index in [1.165, 1.54) is 0 Å². The van der Waals surface area contributed by atoms with Crippen LogP contribution in [0, 0.1) is 23.2 Å². The number of nitriles is 1. The molecule has 0 aliphatic carbocycles. The van der Waals surface area contributed by atoms with Gasteiger partial charge in [0, 0.05) is 18.0 Å². The standard InChI is InChI=1S/C18H17ClN2O3.CHF3O3S/c1-17-4-5-18(24-17)6-7-23-16-14(18)13(17)15(22)21(16)11-3-2-10(9-20)12(19)8-11;2-1(3,4)8(5,6)7/h2-3,8,13-14,16H,4-7H2,1H3;(H,5,6,7)/t13-,14+,16?,17?,18?;/m1./s1. The quantitative estimate of drug-likeness (QED) is 0.470. The molecule has 5 rings (SSSR count). The lowest BCUT2D eigenvalue weighted by Crippen LogP contribution is -2.51. The number of hydrogen-bond donors (Lipinski definition) is 1. The number of nitrogens with zero attached hydrogens (tertiary/aromatic N) is 2. The van der Waals surface area contributed by atoms with Crippen LogP contribution >= 0.6 is 11.6 Å². The highest BCUT2D eigenvalue weighted by Crippen LogP contribution is 2.65. The van der Waals surface area contributed by atoms with E-state index < -0.39 is 21.2 Å². The molecule has 4 saturated heterocycles. The summed E-state index contributed by atoms with van der Waals surface area (Å²) in [4.78, 5) is 15.0. The second-order valence-corrected chi connectivity index (χ2v) is 10.2. The number of alkyl halides is 3. The molecule has 13 heteroatoms. The van der Waals surface area contributed by atoms with Gasteiger partial charge in [-0.25, -0.2) is 0 Å². The molecule has 1 amide bonds. The van der Waals surface area contributed by atoms with Gasteiger partial charge in [-0.1, -0.05) is 11.6 Å². The normalized spacial score (nSPS) is 35.2. The molecule has 1 N–H and O–H groups in total. The zero-order valence-corrected chi connectivity index (χ0v) is 18.2. The molecule has 3 unspecified atom stereocenters. The minimum atomic E-state index is -5.84. The molecule has 4 aliphatic heterocycles. The van der Waals surface area contributed by atoms with Crippen LogP contribution in [0.15, 0.2) is 18.2 Å². The number of fused-ring (bicyclic) bond motifs is 2. The largest absolute Gasteiger partial charge is 0.522 e. The minimum absolute atomic E-state index is 0.0525. The van der Waals surface area contributed by atoms with Crippen molar-refractivity contribution < 1.29 is 40.4 Å². The lowest BCUT2D eigenvalue weighted by molar-refractivity contribution is -0.139. The van der Waals surface area contributed by atoms with Crippen molar-refractivity contribution in [1.82, 2.24) is 0 Å². The third-order valence-corrected chi connectivity index (χ3v) is 7.53. The topological polar surface area (TPSA) is 117 Å². The summed E-state index contributed by atoms with van der Waals surface area (Å²) in [6.07, 6.45) is 2.48. The number of benzene rings is 1. The molecular weight excluding hydrogens is 477 g/mol. The van der Waals surface area contributed by atoms with Gasteiger partial charge >= 0.3 is 15.6 Å². The van der Waals surface area contributed by atoms with Crippen molar-refractivity contribution in [2.75, 3.05) is 11.5 Å². The number of ether oxygens (including phenoxy) is 2. The van der Waals surface area contributed by atoms with Gasteiger partial charge in [-0.15, -0.1) is 0 Å². The Kier molecular flexibility index (Phi) is 5.30. The van der Waals surface area contributed by atoms with Gasteiger partial charge in [0.2, 0.25) is 5.91 Å². The highest BCUT2D eigenvalue weighted by Gasteiger charge is 2.75. The van der Waals surface area contributed by atoms with Gasteiger partial charge in [-0.05, 0) is 38.0 Å². The predicted molar refractivity (Wildman–Crippen MR) is 104 cm³/mol. The van der Waals surface area contributed by atoms with E-state index in [1.807, 2.05) is 0 Å². The van der Waals surface area contributed by atoms with Gasteiger partial charge in [-0.2, -0.15) is 26.9 Å². The Morgan fingerprint density at radius 2 is 1.97 bits per heavy atom. The Morgan fingerprint density at radius 3 is 2.53 bits per heavy atom. The van der Waals surface area contributed by atoms with Crippen LogP contribution in [0.1, 0.15) is 31.7 Å². The summed E-state index contributed by atoms with van der Waals surface area (Å²) >= 11 is 6.18. The van der Waals surface area contributed by atoms with Crippen molar-refractivity contribution in [3.05, 3.63) is 28.8 Å². The van der Waals surface area contributed by atoms with Crippen molar-refractivity contribution in [3.8, 4) is 6.07 Å². The third-order valence-electron chi connectivity index (χ3n) is 6.63. The third kappa shape index (κ3) is 3.38. The molecule has 1 spiro atoms. The van der Waals surface area contributed by atoms with Crippen LogP contribution in [0.25, 0.3) is 0 Å². The molecule has 1 aromatic carbocycles. The van der Waals surface area contributed by atoms with E-state index in [-0.39, 0.29) is 29.6 Å². The molecule has 2 bridgehead atoms. The van der Waals surface area contributed by atoms with Crippen LogP contribution in [0.3, 0.4) is 0 Å². The highest BCUT2D eigenvalue weighted by atomic mass is 35.5. The predicted octanol–water partition coefficient (Wildman–Crippen LogP) is 3.25. The fourth-order valence-electron chi connectivity index (χ4n) is 5.33. The van der Waals surface area contributed by atoms with E-state index in [4.69, 9.17) is 39.3 Å². The SMILES string of the molecule is CC12CCC3(CCOC4[C@@H]3[C@@H]1C(=O)N4c1ccc(C#N)c(Cl)c1)O2.O=S(=O)(O)C(F)(F)F. The van der Waals surface area contributed by atoms with E-state index in [0.717, 1.165) is 19.3 Å². The molecule has 32 heavy (non-hydrogen) atoms. The Morgan fingerprint density at radius 1 is 1.31 bits per heavy atom. The summed E-state index contributed by atoms with van der Waals surface area (Å²) in [7, 11) is -5.84. The number of carbonyl (C=O) groups excluding carboxylic acids is 1. The van der Waals surface area contributed by atoms with Gasteiger partial charge in [0.25, 0.3) is 0 Å². The lowest BCUT2D eigenvalue weighted by atomic mass is 9.66. The minimum Gasteiger partial charge on any atom is -0.367 e. The van der Waals surface area contributed by atoms with Crippen LogP contribution in [0.5, 0.6) is 0 Å². The van der Waals surface area contributed by atoms with Crippen LogP contribution in [0.4, 0.5) is 18.9 Å². The summed E-state index contributed by atoms with van der Waals surface area (Å²) < 4.78 is 70.0. The van der Waals surface area contributed by atoms with Crippen molar-refractivity contribution >= 4 is 33.3 Å². The maximum atomic E-state index is 13.2. The Bertz CT molecular complexity index is 1120. The van der Waals surface area contributed by atoms with Gasteiger partial charge in [0.1, 0.15) is 12.3 Å². The molecular formula is C19H18ClF3N2O6S. The maximum Gasteiger partial charge on any atom is 0.522 e. The monoisotopic (exact) mass is 494 g/mol. The first-order valence-electron chi connectivity index (χ1n) is 9.62. The zero-order chi connectivity index (χ0) is 23.7. The van der Waals surface area contributed by atoms with Gasteiger partial charge < -0.3 is 9.47 Å². The number of rotatable bonds is 1. The molecule has 1 aromatic rings. The Balaban J connectivity index is 0.000000265. The summed E-state index contributed by atoms with van der Waals surface area (Å²) in [5.74, 6) is -0.0327. The van der Waals surface area contributed by atoms with Crippen molar-refractivity contribution in [1.29, 1.82) is 5.26 Å². The first kappa shape index (κ1) is 23.3. The van der Waals surface area contributed by atoms with E-state index in [1.54, 1.807) is 23.1 Å². The number of amides is 1. The summed E-state index contributed by atoms with van der Waals surface area (Å²) in [5, 5.41) is 9.41. The molecule has 4 heterocycles. The second-order valence-electron chi connectivity index (χ2n) is 8.40. The molecule has 0 saturated carbocycles. The number of hydrogen-bond acceptors (Lipinski definition) is 6. The van der Waals surface area contributed by atoms with Crippen LogP contribution < -0.4 is 4.90 Å². The smallest absolute Gasteiger partial charge is 0.367 e. The van der Waals surface area contributed by atoms with E-state index in [2.05, 4.69) is 13.0 Å². The average Bonchev–Trinajstić information content (AvgIpc) is 3.27. The molecule has 4 aliphatic rings. The lowest BCUT2D eigenvalue weighted by Gasteiger charge is -2.41. The number of halogens is 4. The zero-order valence-electron chi connectivity index (χ0n) is 16.6. The van der Waals surface area contributed by atoms with Crippen molar-refractivity contribution in [2.24, 2.45) is 11.8 Å². The molecule has 8 nitrogen and oxygen atoms in total. The number of carbonyl (C=O) groups is 1. The van der Waals surface area contributed by atoms with Crippen LogP contribution in [-0.4, -0.2) is 48.4 Å². The van der Waals surface area contributed by atoms with Crippen molar-refractivity contribution in [2.45, 2.75) is 49.1 Å². The Labute approximate surface area is 186 Å². The van der Waals surface area contributed by atoms with Crippen molar-refractivity contribution in [3.63, 3.8) is 0 Å². The average molecular weight is 495 g/mol.